The van der Waals surface area contributed by atoms with Crippen molar-refractivity contribution in [3.63, 3.8) is 0 Å². The number of anilines is 1. The molecule has 1 fully saturated rings. The highest BCUT2D eigenvalue weighted by Gasteiger charge is 2.32. The van der Waals surface area contributed by atoms with E-state index in [1.54, 1.807) is 41.3 Å². The fraction of sp³-hybridized carbons (Fsp3) is 0.222. The first kappa shape index (κ1) is 16.0. The van der Waals surface area contributed by atoms with E-state index in [2.05, 4.69) is 5.32 Å². The Morgan fingerprint density at radius 1 is 1.21 bits per heavy atom. The fourth-order valence-electron chi connectivity index (χ4n) is 2.77. The summed E-state index contributed by atoms with van der Waals surface area (Å²) in [6, 6.07) is 12.3. The Labute approximate surface area is 139 Å². The van der Waals surface area contributed by atoms with Gasteiger partial charge in [-0.2, -0.15) is 0 Å². The molecule has 1 aliphatic rings. The maximum atomic E-state index is 13.0. The van der Waals surface area contributed by atoms with Gasteiger partial charge in [0.2, 0.25) is 5.91 Å². The minimum absolute atomic E-state index is 0.105. The van der Waals surface area contributed by atoms with Crippen LogP contribution in [0.2, 0.25) is 0 Å². The second-order valence-corrected chi connectivity index (χ2v) is 5.56. The molecule has 0 aromatic heterocycles. The Morgan fingerprint density at radius 3 is 2.62 bits per heavy atom. The van der Waals surface area contributed by atoms with Crippen LogP contribution in [-0.2, 0) is 4.79 Å². The first-order chi connectivity index (χ1) is 11.6. The third kappa shape index (κ3) is 3.22. The molecule has 0 spiro atoms. The first-order valence-electron chi connectivity index (χ1n) is 7.58. The highest BCUT2D eigenvalue weighted by molar-refractivity contribution is 6.00. The Bertz CT molecular complexity index is 761. The molecule has 0 bridgehead atoms. The van der Waals surface area contributed by atoms with Crippen LogP contribution in [0.15, 0.2) is 48.5 Å². The van der Waals surface area contributed by atoms with E-state index in [4.69, 9.17) is 4.74 Å². The zero-order valence-corrected chi connectivity index (χ0v) is 13.2. The zero-order valence-electron chi connectivity index (χ0n) is 13.2. The highest BCUT2D eigenvalue weighted by atomic mass is 19.1. The van der Waals surface area contributed by atoms with Crippen molar-refractivity contribution in [1.29, 1.82) is 0 Å². The second-order valence-electron chi connectivity index (χ2n) is 5.56. The van der Waals surface area contributed by atoms with Gasteiger partial charge in [-0.1, -0.05) is 12.1 Å². The smallest absolute Gasteiger partial charge is 0.255 e. The van der Waals surface area contributed by atoms with Crippen LogP contribution in [0.4, 0.5) is 10.1 Å². The maximum Gasteiger partial charge on any atom is 0.255 e. The molecule has 6 heteroatoms. The molecular formula is C18H17FN2O3. The van der Waals surface area contributed by atoms with Crippen molar-refractivity contribution in [3.05, 3.63) is 59.9 Å². The minimum atomic E-state index is -0.355. The van der Waals surface area contributed by atoms with Crippen molar-refractivity contribution in [2.75, 3.05) is 18.6 Å². The highest BCUT2D eigenvalue weighted by Crippen LogP contribution is 2.23. The Morgan fingerprint density at radius 2 is 1.92 bits per heavy atom. The van der Waals surface area contributed by atoms with Crippen LogP contribution in [0.3, 0.4) is 0 Å². The molecule has 1 heterocycles. The first-order valence-corrected chi connectivity index (χ1v) is 7.58. The van der Waals surface area contributed by atoms with Crippen molar-refractivity contribution in [2.24, 2.45) is 0 Å². The predicted octanol–water partition coefficient (Wildman–Crippen LogP) is 2.37. The number of rotatable bonds is 4. The second kappa shape index (κ2) is 6.70. The van der Waals surface area contributed by atoms with Gasteiger partial charge < -0.3 is 15.0 Å². The molecule has 24 heavy (non-hydrogen) atoms. The molecule has 2 amide bonds. The summed E-state index contributed by atoms with van der Waals surface area (Å²) in [5, 5.41) is 2.86. The molecular weight excluding hydrogens is 311 g/mol. The summed E-state index contributed by atoms with van der Waals surface area (Å²) >= 11 is 0. The molecule has 5 nitrogen and oxygen atoms in total. The fourth-order valence-corrected chi connectivity index (χ4v) is 2.77. The monoisotopic (exact) mass is 328 g/mol. The number of amides is 2. The summed E-state index contributed by atoms with van der Waals surface area (Å²) in [5.74, 6) is -0.265. The summed E-state index contributed by atoms with van der Waals surface area (Å²) in [4.78, 5) is 26.1. The molecule has 1 saturated heterocycles. The van der Waals surface area contributed by atoms with Gasteiger partial charge in [0, 0.05) is 18.7 Å². The predicted molar refractivity (Wildman–Crippen MR) is 87.6 cm³/mol. The number of hydrogen-bond donors (Lipinski definition) is 1. The Hall–Kier alpha value is -2.89. The molecule has 0 unspecified atom stereocenters. The van der Waals surface area contributed by atoms with Gasteiger partial charge in [-0.05, 0) is 36.4 Å². The van der Waals surface area contributed by atoms with E-state index >= 15 is 0 Å². The molecule has 0 aliphatic carbocycles. The van der Waals surface area contributed by atoms with E-state index in [0.717, 1.165) is 0 Å². The summed E-state index contributed by atoms with van der Waals surface area (Å²) in [5.41, 5.74) is 1.04. The normalized spacial score (nSPS) is 17.0. The van der Waals surface area contributed by atoms with Crippen LogP contribution >= 0.6 is 0 Å². The van der Waals surface area contributed by atoms with E-state index in [9.17, 15) is 14.0 Å². The van der Waals surface area contributed by atoms with Gasteiger partial charge in [0.1, 0.15) is 11.6 Å². The van der Waals surface area contributed by atoms with Crippen LogP contribution in [-0.4, -0.2) is 31.5 Å². The average molecular weight is 328 g/mol. The van der Waals surface area contributed by atoms with Gasteiger partial charge in [0.25, 0.3) is 5.91 Å². The van der Waals surface area contributed by atoms with Crippen LogP contribution in [0.5, 0.6) is 5.75 Å². The number of ether oxygens (including phenoxy) is 1. The molecule has 2 aromatic rings. The van der Waals surface area contributed by atoms with Gasteiger partial charge >= 0.3 is 0 Å². The van der Waals surface area contributed by atoms with Crippen molar-refractivity contribution in [3.8, 4) is 5.75 Å². The lowest BCUT2D eigenvalue weighted by molar-refractivity contribution is -0.117. The van der Waals surface area contributed by atoms with E-state index in [0.29, 0.717) is 23.5 Å². The molecule has 0 saturated carbocycles. The Balaban J connectivity index is 1.70. The number of hydrogen-bond acceptors (Lipinski definition) is 3. The van der Waals surface area contributed by atoms with E-state index < -0.39 is 0 Å². The van der Waals surface area contributed by atoms with Gasteiger partial charge in [-0.3, -0.25) is 9.59 Å². The topological polar surface area (TPSA) is 58.6 Å². The lowest BCUT2D eigenvalue weighted by Crippen LogP contribution is -2.37. The third-order valence-electron chi connectivity index (χ3n) is 3.95. The molecule has 2 aromatic carbocycles. The van der Waals surface area contributed by atoms with Crippen molar-refractivity contribution in [1.82, 2.24) is 5.32 Å². The standard InChI is InChI=1S/C18H17FN2O3/c1-24-16-5-3-2-4-15(16)18(23)20-13-10-17(22)21(11-13)14-8-6-12(19)7-9-14/h2-9,13H,10-11H2,1H3,(H,20,23)/t13-/m0/s1. The third-order valence-corrected chi connectivity index (χ3v) is 3.95. The number of nitrogens with one attached hydrogen (secondary N) is 1. The number of carbonyl (C=O) groups excluding carboxylic acids is 2. The summed E-state index contributed by atoms with van der Waals surface area (Å²) in [6.45, 7) is 0.353. The summed E-state index contributed by atoms with van der Waals surface area (Å²) in [7, 11) is 1.50. The molecule has 3 rings (SSSR count). The van der Waals surface area contributed by atoms with Crippen molar-refractivity contribution < 1.29 is 18.7 Å². The zero-order chi connectivity index (χ0) is 17.1. The van der Waals surface area contributed by atoms with E-state index in [-0.39, 0.29) is 30.1 Å². The molecule has 124 valence electrons. The van der Waals surface area contributed by atoms with Gasteiger partial charge in [0.15, 0.2) is 0 Å². The van der Waals surface area contributed by atoms with Crippen LogP contribution in [0.25, 0.3) is 0 Å². The number of para-hydroxylation sites is 1. The van der Waals surface area contributed by atoms with Crippen LogP contribution in [0.1, 0.15) is 16.8 Å². The maximum absolute atomic E-state index is 13.0. The average Bonchev–Trinajstić information content (AvgIpc) is 2.95. The molecule has 1 atom stereocenters. The van der Waals surface area contributed by atoms with E-state index in [1.807, 2.05) is 0 Å². The van der Waals surface area contributed by atoms with E-state index in [1.165, 1.54) is 19.2 Å². The largest absolute Gasteiger partial charge is 0.496 e. The van der Waals surface area contributed by atoms with Crippen LogP contribution < -0.4 is 15.0 Å². The number of benzene rings is 2. The number of nitrogens with zero attached hydrogens (tertiary/aromatic N) is 1. The quantitative estimate of drug-likeness (QED) is 0.937. The lowest BCUT2D eigenvalue weighted by Gasteiger charge is -2.17. The summed E-state index contributed by atoms with van der Waals surface area (Å²) in [6.07, 6.45) is 0.207. The minimum Gasteiger partial charge on any atom is -0.496 e. The Kier molecular flexibility index (Phi) is 4.46. The summed E-state index contributed by atoms with van der Waals surface area (Å²) < 4.78 is 18.2. The van der Waals surface area contributed by atoms with Crippen LogP contribution in [0, 0.1) is 5.82 Å². The molecule has 1 N–H and O–H groups in total. The number of carbonyl (C=O) groups is 2. The molecule has 1 aliphatic heterocycles. The van der Waals surface area contributed by atoms with Gasteiger partial charge in [-0.25, -0.2) is 4.39 Å². The number of methoxy groups -OCH3 is 1. The van der Waals surface area contributed by atoms with Gasteiger partial charge in [0.05, 0.1) is 18.7 Å². The molecule has 0 radical (unpaired) electrons. The van der Waals surface area contributed by atoms with Gasteiger partial charge in [-0.15, -0.1) is 0 Å². The van der Waals surface area contributed by atoms with Crippen molar-refractivity contribution in [2.45, 2.75) is 12.5 Å². The van der Waals surface area contributed by atoms with Crippen molar-refractivity contribution >= 4 is 17.5 Å². The lowest BCUT2D eigenvalue weighted by atomic mass is 10.1. The SMILES string of the molecule is COc1ccccc1C(=O)N[C@H]1CC(=O)N(c2ccc(F)cc2)C1. The number of halogens is 1.